The Morgan fingerprint density at radius 3 is 2.08 bits per heavy atom. The molecular weight excluding hydrogens is 343 g/mol. The number of sulfonamides is 1. The summed E-state index contributed by atoms with van der Waals surface area (Å²) in [6.07, 6.45) is 0. The summed E-state index contributed by atoms with van der Waals surface area (Å²) < 4.78 is 39.9. The van der Waals surface area contributed by atoms with Crippen molar-refractivity contribution >= 4 is 15.9 Å². The maximum Gasteiger partial charge on any atom is 0.251 e. The quantitative estimate of drug-likeness (QED) is 0.857. The smallest absolute Gasteiger partial charge is 0.251 e. The van der Waals surface area contributed by atoms with Gasteiger partial charge in [0.2, 0.25) is 10.0 Å². The monoisotopic (exact) mass is 364 g/mol. The van der Waals surface area contributed by atoms with Crippen molar-refractivity contribution < 1.29 is 17.6 Å². The molecule has 0 spiro atoms. The lowest BCUT2D eigenvalue weighted by molar-refractivity contribution is 0.0919. The topological polar surface area (TPSA) is 75.3 Å². The third-order valence-electron chi connectivity index (χ3n) is 3.29. The molecule has 0 fully saturated rings. The van der Waals surface area contributed by atoms with Gasteiger partial charge in [0.05, 0.1) is 4.90 Å². The first-order chi connectivity index (χ1) is 11.6. The average Bonchev–Trinajstić information content (AvgIpc) is 2.53. The van der Waals surface area contributed by atoms with E-state index in [-0.39, 0.29) is 28.7 Å². The zero-order valence-corrected chi connectivity index (χ0v) is 15.2. The number of rotatable bonds is 5. The van der Waals surface area contributed by atoms with Crippen molar-refractivity contribution in [3.05, 3.63) is 65.5 Å². The van der Waals surface area contributed by atoms with Gasteiger partial charge in [-0.2, -0.15) is 0 Å². The number of hydrogen-bond acceptors (Lipinski definition) is 3. The first-order valence-corrected chi connectivity index (χ1v) is 9.22. The molecule has 0 radical (unpaired) electrons. The van der Waals surface area contributed by atoms with Crippen molar-refractivity contribution in [1.82, 2.24) is 10.0 Å². The van der Waals surface area contributed by atoms with Crippen LogP contribution in [0.15, 0.2) is 53.4 Å². The minimum atomic E-state index is -3.72. The van der Waals surface area contributed by atoms with Crippen LogP contribution in [-0.2, 0) is 16.6 Å². The molecule has 25 heavy (non-hydrogen) atoms. The van der Waals surface area contributed by atoms with Gasteiger partial charge >= 0.3 is 0 Å². The third-order valence-corrected chi connectivity index (χ3v) is 4.71. The molecule has 0 aliphatic heterocycles. The lowest BCUT2D eigenvalue weighted by atomic mass is 10.1. The predicted molar refractivity (Wildman–Crippen MR) is 94.1 cm³/mol. The average molecular weight is 364 g/mol. The summed E-state index contributed by atoms with van der Waals surface area (Å²) in [6, 6.07) is 11.3. The number of benzene rings is 2. The van der Waals surface area contributed by atoms with E-state index in [1.165, 1.54) is 48.5 Å². The van der Waals surface area contributed by atoms with Crippen molar-refractivity contribution in [2.45, 2.75) is 37.8 Å². The summed E-state index contributed by atoms with van der Waals surface area (Å²) in [5.74, 6) is -0.647. The summed E-state index contributed by atoms with van der Waals surface area (Å²) in [5, 5.41) is 2.81. The fourth-order valence-corrected chi connectivity index (χ4v) is 3.08. The van der Waals surface area contributed by atoms with Crippen LogP contribution in [0.4, 0.5) is 4.39 Å². The van der Waals surface area contributed by atoms with E-state index in [2.05, 4.69) is 10.0 Å². The molecule has 2 N–H and O–H groups in total. The second-order valence-corrected chi connectivity index (χ2v) is 8.45. The van der Waals surface area contributed by atoms with Gasteiger partial charge in [-0.1, -0.05) is 12.1 Å². The SMILES string of the molecule is CC(C)(C)NC(=O)c1ccc(S(=O)(=O)NCc2ccc(F)cc2)cc1. The Labute approximate surface area is 147 Å². The van der Waals surface area contributed by atoms with Crippen molar-refractivity contribution in [2.75, 3.05) is 0 Å². The summed E-state index contributed by atoms with van der Waals surface area (Å²) in [7, 11) is -3.72. The third kappa shape index (κ3) is 5.65. The van der Waals surface area contributed by atoms with E-state index in [1.54, 1.807) is 0 Å². The number of hydrogen-bond donors (Lipinski definition) is 2. The first kappa shape index (κ1) is 19.1. The Balaban J connectivity index is 2.07. The lowest BCUT2D eigenvalue weighted by Crippen LogP contribution is -2.40. The van der Waals surface area contributed by atoms with Gasteiger partial charge in [-0.05, 0) is 62.7 Å². The molecule has 0 saturated carbocycles. The normalized spacial score (nSPS) is 12.0. The fraction of sp³-hybridized carbons (Fsp3) is 0.278. The molecule has 0 unspecified atom stereocenters. The van der Waals surface area contributed by atoms with Crippen LogP contribution in [0.2, 0.25) is 0 Å². The van der Waals surface area contributed by atoms with E-state index >= 15 is 0 Å². The number of carbonyl (C=O) groups excluding carboxylic acids is 1. The second-order valence-electron chi connectivity index (χ2n) is 6.68. The van der Waals surface area contributed by atoms with Crippen LogP contribution >= 0.6 is 0 Å². The van der Waals surface area contributed by atoms with Crippen molar-refractivity contribution in [2.24, 2.45) is 0 Å². The molecule has 134 valence electrons. The van der Waals surface area contributed by atoms with E-state index in [0.29, 0.717) is 11.1 Å². The highest BCUT2D eigenvalue weighted by Crippen LogP contribution is 2.13. The van der Waals surface area contributed by atoms with Crippen LogP contribution in [-0.4, -0.2) is 19.9 Å². The zero-order chi connectivity index (χ0) is 18.7. The number of amides is 1. The zero-order valence-electron chi connectivity index (χ0n) is 14.3. The van der Waals surface area contributed by atoms with Crippen LogP contribution in [0.1, 0.15) is 36.7 Å². The molecule has 5 nitrogen and oxygen atoms in total. The number of nitrogens with one attached hydrogen (secondary N) is 2. The molecule has 0 aliphatic carbocycles. The van der Waals surface area contributed by atoms with Gasteiger partial charge in [0.1, 0.15) is 5.82 Å². The van der Waals surface area contributed by atoms with Gasteiger partial charge < -0.3 is 5.32 Å². The van der Waals surface area contributed by atoms with Crippen molar-refractivity contribution in [1.29, 1.82) is 0 Å². The van der Waals surface area contributed by atoms with Crippen LogP contribution in [0.3, 0.4) is 0 Å². The molecule has 7 heteroatoms. The Bertz CT molecular complexity index is 839. The van der Waals surface area contributed by atoms with Crippen LogP contribution in [0, 0.1) is 5.82 Å². The standard InChI is InChI=1S/C18H21FN2O3S/c1-18(2,3)21-17(22)14-6-10-16(11-7-14)25(23,24)20-12-13-4-8-15(19)9-5-13/h4-11,20H,12H2,1-3H3,(H,21,22). The molecule has 0 saturated heterocycles. The van der Waals surface area contributed by atoms with E-state index in [4.69, 9.17) is 0 Å². The van der Waals surface area contributed by atoms with Crippen LogP contribution in [0.5, 0.6) is 0 Å². The minimum absolute atomic E-state index is 0.0505. The summed E-state index contributed by atoms with van der Waals surface area (Å²) in [5.41, 5.74) is 0.650. The molecule has 2 aromatic carbocycles. The Kier molecular flexibility index (Phi) is 5.59. The highest BCUT2D eigenvalue weighted by Gasteiger charge is 2.17. The van der Waals surface area contributed by atoms with Gasteiger partial charge in [-0.25, -0.2) is 17.5 Å². The molecular formula is C18H21FN2O3S. The molecule has 2 rings (SSSR count). The van der Waals surface area contributed by atoms with Gasteiger partial charge in [0.15, 0.2) is 0 Å². The minimum Gasteiger partial charge on any atom is -0.347 e. The van der Waals surface area contributed by atoms with E-state index in [1.807, 2.05) is 20.8 Å². The predicted octanol–water partition coefficient (Wildman–Crippen LogP) is 2.83. The van der Waals surface area contributed by atoms with Crippen LogP contribution < -0.4 is 10.0 Å². The first-order valence-electron chi connectivity index (χ1n) is 7.73. The van der Waals surface area contributed by atoms with E-state index in [9.17, 15) is 17.6 Å². The largest absolute Gasteiger partial charge is 0.347 e. The molecule has 0 bridgehead atoms. The number of halogens is 1. The van der Waals surface area contributed by atoms with Crippen molar-refractivity contribution in [3.8, 4) is 0 Å². The van der Waals surface area contributed by atoms with Gasteiger partial charge in [-0.3, -0.25) is 4.79 Å². The summed E-state index contributed by atoms with van der Waals surface area (Å²) >= 11 is 0. The van der Waals surface area contributed by atoms with E-state index in [0.717, 1.165) is 0 Å². The summed E-state index contributed by atoms with van der Waals surface area (Å²) in [6.45, 7) is 5.64. The van der Waals surface area contributed by atoms with Gasteiger partial charge in [0, 0.05) is 17.6 Å². The second kappa shape index (κ2) is 7.33. The highest BCUT2D eigenvalue weighted by atomic mass is 32.2. The molecule has 1 amide bonds. The van der Waals surface area contributed by atoms with Crippen LogP contribution in [0.25, 0.3) is 0 Å². The fourth-order valence-electron chi connectivity index (χ4n) is 2.06. The Morgan fingerprint density at radius 1 is 1.00 bits per heavy atom. The highest BCUT2D eigenvalue weighted by molar-refractivity contribution is 7.89. The molecule has 0 aromatic heterocycles. The molecule has 0 aliphatic rings. The summed E-state index contributed by atoms with van der Waals surface area (Å²) in [4.78, 5) is 12.1. The molecule has 2 aromatic rings. The maximum absolute atomic E-state index is 12.9. The maximum atomic E-state index is 12.9. The van der Waals surface area contributed by atoms with Gasteiger partial charge in [-0.15, -0.1) is 0 Å². The van der Waals surface area contributed by atoms with Crippen molar-refractivity contribution in [3.63, 3.8) is 0 Å². The molecule has 0 heterocycles. The number of carbonyl (C=O) groups is 1. The Morgan fingerprint density at radius 2 is 1.56 bits per heavy atom. The van der Waals surface area contributed by atoms with E-state index < -0.39 is 10.0 Å². The van der Waals surface area contributed by atoms with Gasteiger partial charge in [0.25, 0.3) is 5.91 Å². The molecule has 0 atom stereocenters. The lowest BCUT2D eigenvalue weighted by Gasteiger charge is -2.20. The Hall–Kier alpha value is -2.25.